The van der Waals surface area contributed by atoms with Crippen LogP contribution in [0, 0.1) is 0 Å². The summed E-state index contributed by atoms with van der Waals surface area (Å²) in [7, 11) is 0. The lowest BCUT2D eigenvalue weighted by atomic mass is 9.61. The first-order valence-corrected chi connectivity index (χ1v) is 14.7. The molecule has 2 aliphatic carbocycles. The van der Waals surface area contributed by atoms with Gasteiger partial charge in [0.1, 0.15) is 0 Å². The second kappa shape index (κ2) is 8.33. The summed E-state index contributed by atoms with van der Waals surface area (Å²) < 4.78 is 0. The highest BCUT2D eigenvalue weighted by Crippen LogP contribution is 2.62. The first-order valence-electron chi connectivity index (χ1n) is 13.9. The molecule has 0 unspecified atom stereocenters. The van der Waals surface area contributed by atoms with Gasteiger partial charge in [0, 0.05) is 26.6 Å². The Hall–Kier alpha value is -4.86. The van der Waals surface area contributed by atoms with Crippen molar-refractivity contribution in [1.29, 1.82) is 0 Å². The van der Waals surface area contributed by atoms with Gasteiger partial charge in [-0.25, -0.2) is 0 Å². The summed E-state index contributed by atoms with van der Waals surface area (Å²) in [6.07, 6.45) is 0. The SMILES string of the molecule is O=C1c2ccccc2C2(c3ccccc31)c1ccccc1-c1cc3c(cc12)Sc1ccccc1N3c1ccccc1. The Morgan fingerprint density at radius 3 is 1.73 bits per heavy atom. The van der Waals surface area contributed by atoms with E-state index < -0.39 is 5.41 Å². The number of carbonyl (C=O) groups excluding carboxylic acids is 1. The molecule has 0 saturated carbocycles. The first kappa shape index (κ1) is 22.9. The number of ketones is 1. The minimum absolute atomic E-state index is 0.101. The predicted octanol–water partition coefficient (Wildman–Crippen LogP) is 9.53. The van der Waals surface area contributed by atoms with E-state index in [-0.39, 0.29) is 5.78 Å². The topological polar surface area (TPSA) is 20.3 Å². The molecule has 9 rings (SSSR count). The van der Waals surface area contributed by atoms with Crippen molar-refractivity contribution in [2.45, 2.75) is 15.2 Å². The zero-order chi connectivity index (χ0) is 27.1. The molecule has 0 aromatic heterocycles. The fourth-order valence-electron chi connectivity index (χ4n) is 7.27. The molecule has 0 atom stereocenters. The molecule has 1 aliphatic heterocycles. The minimum atomic E-state index is -0.572. The highest BCUT2D eigenvalue weighted by molar-refractivity contribution is 7.99. The fourth-order valence-corrected chi connectivity index (χ4v) is 8.35. The lowest BCUT2D eigenvalue weighted by molar-refractivity contribution is 0.103. The summed E-state index contributed by atoms with van der Waals surface area (Å²) in [5.41, 5.74) is 11.6. The van der Waals surface area contributed by atoms with Crippen molar-refractivity contribution in [2.24, 2.45) is 0 Å². The maximum absolute atomic E-state index is 13.8. The summed E-state index contributed by atoms with van der Waals surface area (Å²) >= 11 is 1.83. The van der Waals surface area contributed by atoms with Crippen molar-refractivity contribution in [1.82, 2.24) is 0 Å². The molecule has 41 heavy (non-hydrogen) atoms. The third-order valence-corrected chi connectivity index (χ3v) is 9.97. The number of hydrogen-bond acceptors (Lipinski definition) is 3. The van der Waals surface area contributed by atoms with Crippen LogP contribution in [0.3, 0.4) is 0 Å². The highest BCUT2D eigenvalue weighted by atomic mass is 32.2. The van der Waals surface area contributed by atoms with Gasteiger partial charge in [0.2, 0.25) is 0 Å². The average Bonchev–Trinajstić information content (AvgIpc) is 3.32. The Morgan fingerprint density at radius 1 is 0.463 bits per heavy atom. The summed E-state index contributed by atoms with van der Waals surface area (Å²) in [5, 5.41) is 0. The molecule has 0 radical (unpaired) electrons. The molecular weight excluding hydrogens is 518 g/mol. The van der Waals surface area contributed by atoms with E-state index in [2.05, 4.69) is 120 Å². The molecule has 0 fully saturated rings. The van der Waals surface area contributed by atoms with Crippen LogP contribution in [0.25, 0.3) is 11.1 Å². The Labute approximate surface area is 242 Å². The van der Waals surface area contributed by atoms with Crippen LogP contribution in [0.1, 0.15) is 38.2 Å². The van der Waals surface area contributed by atoms with Crippen LogP contribution in [0.15, 0.2) is 149 Å². The Morgan fingerprint density at radius 2 is 1.02 bits per heavy atom. The predicted molar refractivity (Wildman–Crippen MR) is 166 cm³/mol. The van der Waals surface area contributed by atoms with Crippen LogP contribution >= 0.6 is 11.8 Å². The molecule has 6 aromatic rings. The second-order valence-electron chi connectivity index (χ2n) is 10.8. The molecule has 0 N–H and O–H groups in total. The maximum Gasteiger partial charge on any atom is 0.193 e. The molecule has 6 aromatic carbocycles. The van der Waals surface area contributed by atoms with Crippen LogP contribution in [0.4, 0.5) is 17.1 Å². The second-order valence-corrected chi connectivity index (χ2v) is 11.9. The zero-order valence-electron chi connectivity index (χ0n) is 22.0. The number of para-hydroxylation sites is 2. The van der Waals surface area contributed by atoms with Gasteiger partial charge in [0.15, 0.2) is 5.78 Å². The van der Waals surface area contributed by atoms with Gasteiger partial charge in [-0.05, 0) is 69.8 Å². The van der Waals surface area contributed by atoms with Crippen LogP contribution in [-0.4, -0.2) is 5.78 Å². The highest BCUT2D eigenvalue weighted by Gasteiger charge is 2.52. The third kappa shape index (κ3) is 2.91. The van der Waals surface area contributed by atoms with Gasteiger partial charge in [-0.1, -0.05) is 115 Å². The van der Waals surface area contributed by atoms with Gasteiger partial charge in [-0.2, -0.15) is 0 Å². The van der Waals surface area contributed by atoms with Gasteiger partial charge >= 0.3 is 0 Å². The van der Waals surface area contributed by atoms with Gasteiger partial charge in [0.25, 0.3) is 0 Å². The van der Waals surface area contributed by atoms with Gasteiger partial charge in [0.05, 0.1) is 16.8 Å². The standard InChI is InChI=1S/C38H23NOS/c40-37-26-15-5-8-18-30(26)38(31-19-9-6-16-27(31)37)29-17-7-4-14-25(29)28-22-34-36(23-32(28)38)41-35-21-11-10-20-33(35)39(34)24-12-2-1-3-13-24/h1-23H. The third-order valence-electron chi connectivity index (χ3n) is 8.86. The molecule has 1 heterocycles. The van der Waals surface area contributed by atoms with Crippen LogP contribution in [0.2, 0.25) is 0 Å². The van der Waals surface area contributed by atoms with Gasteiger partial charge in [-0.15, -0.1) is 0 Å². The number of fused-ring (bicyclic) bond motifs is 11. The molecule has 3 heteroatoms. The molecule has 0 saturated heterocycles. The minimum Gasteiger partial charge on any atom is -0.308 e. The summed E-state index contributed by atoms with van der Waals surface area (Å²) in [5.74, 6) is 0.101. The number of rotatable bonds is 1. The van der Waals surface area contributed by atoms with E-state index in [1.165, 1.54) is 43.4 Å². The van der Waals surface area contributed by atoms with Crippen molar-refractivity contribution in [3.05, 3.63) is 173 Å². The molecule has 0 amide bonds. The summed E-state index contributed by atoms with van der Waals surface area (Å²) in [6.45, 7) is 0. The molecule has 0 bridgehead atoms. The summed E-state index contributed by atoms with van der Waals surface area (Å²) in [4.78, 5) is 18.7. The first-order chi connectivity index (χ1) is 20.3. The van der Waals surface area contributed by atoms with Gasteiger partial charge < -0.3 is 4.90 Å². The number of hydrogen-bond donors (Lipinski definition) is 0. The largest absolute Gasteiger partial charge is 0.308 e. The van der Waals surface area contributed by atoms with Gasteiger partial charge in [-0.3, -0.25) is 4.79 Å². The lowest BCUT2D eigenvalue weighted by Gasteiger charge is -2.40. The normalized spacial score (nSPS) is 14.9. The number of carbonyl (C=O) groups is 1. The Kier molecular flexibility index (Phi) is 4.65. The van der Waals surface area contributed by atoms with Crippen LogP contribution < -0.4 is 4.90 Å². The average molecular weight is 542 g/mol. The fraction of sp³-hybridized carbons (Fsp3) is 0.0263. The van der Waals surface area contributed by atoms with E-state index in [0.717, 1.165) is 27.9 Å². The van der Waals surface area contributed by atoms with E-state index in [0.29, 0.717) is 0 Å². The number of anilines is 3. The zero-order valence-corrected chi connectivity index (χ0v) is 22.9. The van der Waals surface area contributed by atoms with Crippen LogP contribution in [-0.2, 0) is 5.41 Å². The monoisotopic (exact) mass is 541 g/mol. The number of benzene rings is 6. The Bertz CT molecular complexity index is 2010. The molecule has 2 nitrogen and oxygen atoms in total. The number of nitrogens with zero attached hydrogens (tertiary/aromatic N) is 1. The van der Waals surface area contributed by atoms with Crippen molar-refractivity contribution in [2.75, 3.05) is 4.90 Å². The molecule has 3 aliphatic rings. The quantitative estimate of drug-likeness (QED) is 0.206. The smallest absolute Gasteiger partial charge is 0.193 e. The summed E-state index contributed by atoms with van der Waals surface area (Å²) in [6, 6.07) is 49.3. The Balaban J connectivity index is 1.41. The molecule has 1 spiro atoms. The van der Waals surface area contributed by atoms with E-state index in [4.69, 9.17) is 0 Å². The van der Waals surface area contributed by atoms with Crippen molar-refractivity contribution < 1.29 is 4.79 Å². The van der Waals surface area contributed by atoms with Crippen molar-refractivity contribution in [3.63, 3.8) is 0 Å². The van der Waals surface area contributed by atoms with E-state index >= 15 is 0 Å². The van der Waals surface area contributed by atoms with E-state index in [1.807, 2.05) is 36.0 Å². The lowest BCUT2D eigenvalue weighted by Crippen LogP contribution is -2.36. The molecule has 192 valence electrons. The maximum atomic E-state index is 13.8. The van der Waals surface area contributed by atoms with E-state index in [1.54, 1.807) is 0 Å². The van der Waals surface area contributed by atoms with Crippen molar-refractivity contribution >= 4 is 34.6 Å². The van der Waals surface area contributed by atoms with E-state index in [9.17, 15) is 4.79 Å². The van der Waals surface area contributed by atoms with Crippen molar-refractivity contribution in [3.8, 4) is 11.1 Å². The molecular formula is C38H23NOS. The van der Waals surface area contributed by atoms with Crippen LogP contribution in [0.5, 0.6) is 0 Å².